The predicted octanol–water partition coefficient (Wildman–Crippen LogP) is 4.53. The molecule has 0 saturated heterocycles. The van der Waals surface area contributed by atoms with E-state index in [4.69, 9.17) is 4.74 Å². The van der Waals surface area contributed by atoms with E-state index in [1.54, 1.807) is 0 Å². The number of nitriles is 1. The number of carbonyl (C=O) groups excluding carboxylic acids is 1. The number of hydrogen-bond donors (Lipinski definition) is 1. The number of thiophene rings is 1. The largest absolute Gasteiger partial charge is 0.444 e. The summed E-state index contributed by atoms with van der Waals surface area (Å²) < 4.78 is 5.24. The minimum atomic E-state index is -0.588. The summed E-state index contributed by atoms with van der Waals surface area (Å²) in [6.07, 6.45) is -0.588. The highest BCUT2D eigenvalue weighted by Gasteiger charge is 2.18. The second-order valence-electron chi connectivity index (χ2n) is 5.37. The zero-order valence-electron chi connectivity index (χ0n) is 13.3. The maximum atomic E-state index is 12.1. The molecule has 5 nitrogen and oxygen atoms in total. The fraction of sp³-hybridized carbons (Fsp3) is 0.167. The molecule has 0 aliphatic rings. The number of aromatic nitrogens is 1. The van der Waals surface area contributed by atoms with Gasteiger partial charge in [-0.3, -0.25) is 5.32 Å². The summed E-state index contributed by atoms with van der Waals surface area (Å²) in [4.78, 5) is 17.7. The van der Waals surface area contributed by atoms with Gasteiger partial charge in [-0.2, -0.15) is 5.26 Å². The lowest BCUT2D eigenvalue weighted by Gasteiger charge is -2.08. The molecule has 2 aromatic heterocycles. The molecule has 0 bridgehead atoms. The summed E-state index contributed by atoms with van der Waals surface area (Å²) in [5.74, 6) is 0. The number of ether oxygens (including phenoxy) is 1. The normalized spacial score (nSPS) is 10.4. The summed E-state index contributed by atoms with van der Waals surface area (Å²) in [5.41, 5.74) is 3.22. The average Bonchev–Trinajstić information content (AvgIpc) is 2.91. The summed E-state index contributed by atoms with van der Waals surface area (Å²) in [6, 6.07) is 13.5. The monoisotopic (exact) mass is 337 g/mol. The Morgan fingerprint density at radius 1 is 1.33 bits per heavy atom. The highest BCUT2D eigenvalue weighted by Crippen LogP contribution is 2.36. The zero-order chi connectivity index (χ0) is 17.1. The Morgan fingerprint density at radius 2 is 2.08 bits per heavy atom. The lowest BCUT2D eigenvalue weighted by Crippen LogP contribution is -2.14. The van der Waals surface area contributed by atoms with Crippen molar-refractivity contribution in [1.82, 2.24) is 4.98 Å². The van der Waals surface area contributed by atoms with Gasteiger partial charge in [0.05, 0.1) is 5.69 Å². The van der Waals surface area contributed by atoms with E-state index in [1.807, 2.05) is 50.2 Å². The van der Waals surface area contributed by atoms with Crippen LogP contribution in [0.2, 0.25) is 0 Å². The van der Waals surface area contributed by atoms with Gasteiger partial charge in [0.2, 0.25) is 0 Å². The van der Waals surface area contributed by atoms with E-state index in [0.717, 1.165) is 27.0 Å². The van der Waals surface area contributed by atoms with Crippen LogP contribution in [0.3, 0.4) is 0 Å². The molecular formula is C18H15N3O2S. The first-order valence-corrected chi connectivity index (χ1v) is 8.18. The molecule has 0 atom stereocenters. The SMILES string of the molecule is Cc1cc(C)c2c(NC(=O)OCc3ccccc3)c(C#N)sc2n1. The molecule has 1 amide bonds. The molecule has 3 rings (SSSR count). The van der Waals surface area contributed by atoms with Gasteiger partial charge in [-0.15, -0.1) is 11.3 Å². The number of fused-ring (bicyclic) bond motifs is 1. The van der Waals surface area contributed by atoms with E-state index in [0.29, 0.717) is 10.6 Å². The molecule has 1 aromatic carbocycles. The molecule has 1 N–H and O–H groups in total. The van der Waals surface area contributed by atoms with Crippen LogP contribution in [-0.4, -0.2) is 11.1 Å². The predicted molar refractivity (Wildman–Crippen MR) is 94.1 cm³/mol. The number of nitrogens with one attached hydrogen (secondary N) is 1. The summed E-state index contributed by atoms with van der Waals surface area (Å²) in [6.45, 7) is 4.01. The van der Waals surface area contributed by atoms with Gasteiger partial charge >= 0.3 is 6.09 Å². The van der Waals surface area contributed by atoms with Crippen LogP contribution in [-0.2, 0) is 11.3 Å². The van der Waals surface area contributed by atoms with Crippen LogP contribution in [0.4, 0.5) is 10.5 Å². The Bertz CT molecular complexity index is 942. The first kappa shape index (κ1) is 16.0. The summed E-state index contributed by atoms with van der Waals surface area (Å²) in [5, 5.41) is 12.8. The van der Waals surface area contributed by atoms with Gasteiger partial charge in [0, 0.05) is 11.1 Å². The van der Waals surface area contributed by atoms with E-state index >= 15 is 0 Å². The minimum absolute atomic E-state index is 0.174. The maximum absolute atomic E-state index is 12.1. The Kier molecular flexibility index (Phi) is 4.45. The smallest absolute Gasteiger partial charge is 0.412 e. The number of hydrogen-bond acceptors (Lipinski definition) is 5. The van der Waals surface area contributed by atoms with Crippen LogP contribution < -0.4 is 5.32 Å². The molecule has 0 spiro atoms. The highest BCUT2D eigenvalue weighted by molar-refractivity contribution is 7.19. The highest BCUT2D eigenvalue weighted by atomic mass is 32.1. The molecule has 6 heteroatoms. The van der Waals surface area contributed by atoms with Crippen molar-refractivity contribution in [1.29, 1.82) is 5.26 Å². The number of nitrogens with zero attached hydrogens (tertiary/aromatic N) is 2. The Labute approximate surface area is 143 Å². The van der Waals surface area contributed by atoms with Gasteiger partial charge in [0.1, 0.15) is 22.4 Å². The molecule has 24 heavy (non-hydrogen) atoms. The maximum Gasteiger partial charge on any atom is 0.412 e. The van der Waals surface area contributed by atoms with Gasteiger partial charge in [0.15, 0.2) is 0 Å². The molecule has 0 fully saturated rings. The number of carbonyl (C=O) groups is 1. The summed E-state index contributed by atoms with van der Waals surface area (Å²) in [7, 11) is 0. The molecular weight excluding hydrogens is 322 g/mol. The van der Waals surface area contributed by atoms with Gasteiger partial charge < -0.3 is 4.74 Å². The van der Waals surface area contributed by atoms with Crippen LogP contribution in [0.25, 0.3) is 10.2 Å². The number of amides is 1. The zero-order valence-corrected chi connectivity index (χ0v) is 14.1. The number of anilines is 1. The standard InChI is InChI=1S/C18H15N3O2S/c1-11-8-12(2)20-17-15(11)16(14(9-19)24-17)21-18(22)23-10-13-6-4-3-5-7-13/h3-8H,10H2,1-2H3,(H,21,22). The first-order chi connectivity index (χ1) is 11.6. The first-order valence-electron chi connectivity index (χ1n) is 7.37. The van der Waals surface area contributed by atoms with Gasteiger partial charge in [-0.05, 0) is 31.0 Å². The van der Waals surface area contributed by atoms with Crippen molar-refractivity contribution in [3.8, 4) is 6.07 Å². The van der Waals surface area contributed by atoms with Crippen LogP contribution in [0, 0.1) is 25.2 Å². The van der Waals surface area contributed by atoms with E-state index in [-0.39, 0.29) is 6.61 Å². The van der Waals surface area contributed by atoms with Gasteiger partial charge in [-0.1, -0.05) is 30.3 Å². The molecule has 2 heterocycles. The molecule has 0 saturated carbocycles. The lowest BCUT2D eigenvalue weighted by molar-refractivity contribution is 0.155. The minimum Gasteiger partial charge on any atom is -0.444 e. The number of aryl methyl sites for hydroxylation is 2. The van der Waals surface area contributed by atoms with Crippen LogP contribution >= 0.6 is 11.3 Å². The van der Waals surface area contributed by atoms with Gasteiger partial charge in [-0.25, -0.2) is 9.78 Å². The third-order valence-electron chi connectivity index (χ3n) is 3.53. The van der Waals surface area contributed by atoms with Crippen LogP contribution in [0.15, 0.2) is 36.4 Å². The van der Waals surface area contributed by atoms with Crippen molar-refractivity contribution in [2.24, 2.45) is 0 Å². The lowest BCUT2D eigenvalue weighted by atomic mass is 10.1. The number of benzene rings is 1. The van der Waals surface area contributed by atoms with Crippen molar-refractivity contribution in [3.63, 3.8) is 0 Å². The van der Waals surface area contributed by atoms with Crippen molar-refractivity contribution in [2.75, 3.05) is 5.32 Å². The fourth-order valence-corrected chi connectivity index (χ4v) is 3.55. The Hall–Kier alpha value is -2.91. The Morgan fingerprint density at radius 3 is 2.79 bits per heavy atom. The Balaban J connectivity index is 1.84. The fourth-order valence-electron chi connectivity index (χ4n) is 2.50. The van der Waals surface area contributed by atoms with Crippen molar-refractivity contribution >= 4 is 33.3 Å². The quantitative estimate of drug-likeness (QED) is 0.761. The topological polar surface area (TPSA) is 75.0 Å². The van der Waals surface area contributed by atoms with Crippen molar-refractivity contribution < 1.29 is 9.53 Å². The third kappa shape index (κ3) is 3.21. The third-order valence-corrected chi connectivity index (χ3v) is 4.52. The molecule has 3 aromatic rings. The van der Waals surface area contributed by atoms with Crippen LogP contribution in [0.1, 0.15) is 21.7 Å². The van der Waals surface area contributed by atoms with E-state index in [9.17, 15) is 10.1 Å². The van der Waals surface area contributed by atoms with Crippen LogP contribution in [0.5, 0.6) is 0 Å². The molecule has 0 unspecified atom stereocenters. The van der Waals surface area contributed by atoms with E-state index in [2.05, 4.69) is 16.4 Å². The average molecular weight is 337 g/mol. The van der Waals surface area contributed by atoms with Crippen molar-refractivity contribution in [3.05, 3.63) is 58.1 Å². The van der Waals surface area contributed by atoms with E-state index in [1.165, 1.54) is 11.3 Å². The molecule has 0 radical (unpaired) electrons. The number of rotatable bonds is 3. The van der Waals surface area contributed by atoms with E-state index < -0.39 is 6.09 Å². The van der Waals surface area contributed by atoms with Gasteiger partial charge in [0.25, 0.3) is 0 Å². The number of pyridine rings is 1. The summed E-state index contributed by atoms with van der Waals surface area (Å²) >= 11 is 1.27. The van der Waals surface area contributed by atoms with Crippen molar-refractivity contribution in [2.45, 2.75) is 20.5 Å². The second kappa shape index (κ2) is 6.69. The molecule has 120 valence electrons. The molecule has 0 aliphatic heterocycles. The second-order valence-corrected chi connectivity index (χ2v) is 6.36. The molecule has 0 aliphatic carbocycles.